The Bertz CT molecular complexity index is 470. The van der Waals surface area contributed by atoms with Crippen molar-refractivity contribution in [1.82, 2.24) is 20.2 Å². The van der Waals surface area contributed by atoms with E-state index >= 15 is 0 Å². The molecule has 0 aliphatic rings. The molecule has 0 bridgehead atoms. The minimum Gasteiger partial charge on any atom is -0.340 e. The average Bonchev–Trinajstić information content (AvgIpc) is 2.68. The van der Waals surface area contributed by atoms with Crippen molar-refractivity contribution in [2.75, 3.05) is 14.1 Å². The van der Waals surface area contributed by atoms with Crippen molar-refractivity contribution in [2.45, 2.75) is 6.54 Å². The van der Waals surface area contributed by atoms with E-state index in [0.717, 1.165) is 16.9 Å². The molecule has 1 heterocycles. The van der Waals surface area contributed by atoms with Gasteiger partial charge < -0.3 is 15.2 Å². The number of para-hydroxylation sites is 2. The predicted octanol–water partition coefficient (Wildman–Crippen LogP) is 1.33. The highest BCUT2D eigenvalue weighted by Crippen LogP contribution is 2.09. The van der Waals surface area contributed by atoms with Crippen molar-refractivity contribution >= 4 is 17.1 Å². The van der Waals surface area contributed by atoms with Crippen molar-refractivity contribution in [2.24, 2.45) is 0 Å². The number of amides is 2. The number of H-pyrrole nitrogens is 1. The fourth-order valence-corrected chi connectivity index (χ4v) is 1.41. The molecular weight excluding hydrogens is 204 g/mol. The van der Waals surface area contributed by atoms with Gasteiger partial charge >= 0.3 is 6.03 Å². The van der Waals surface area contributed by atoms with Crippen LogP contribution in [0.15, 0.2) is 24.3 Å². The van der Waals surface area contributed by atoms with E-state index in [1.54, 1.807) is 14.1 Å². The van der Waals surface area contributed by atoms with Crippen molar-refractivity contribution in [3.05, 3.63) is 30.1 Å². The molecule has 0 spiro atoms. The van der Waals surface area contributed by atoms with Crippen LogP contribution in [0.5, 0.6) is 0 Å². The Hall–Kier alpha value is -2.04. The summed E-state index contributed by atoms with van der Waals surface area (Å²) in [7, 11) is 3.40. The van der Waals surface area contributed by atoms with Gasteiger partial charge in [-0.05, 0) is 12.1 Å². The maximum Gasteiger partial charge on any atom is 0.317 e. The Morgan fingerprint density at radius 3 is 2.88 bits per heavy atom. The van der Waals surface area contributed by atoms with Crippen LogP contribution in [0.3, 0.4) is 0 Å². The number of fused-ring (bicyclic) bond motifs is 1. The summed E-state index contributed by atoms with van der Waals surface area (Å²) in [5.74, 6) is 0.761. The standard InChI is InChI=1S/C11H14N4O/c1-15(2)11(16)12-7-10-13-8-5-3-4-6-9(8)14-10/h3-6H,7H2,1-2H3,(H,12,16)(H,13,14). The number of carbonyl (C=O) groups excluding carboxylic acids is 1. The first-order valence-corrected chi connectivity index (χ1v) is 5.05. The van der Waals surface area contributed by atoms with Gasteiger partial charge in [0.2, 0.25) is 0 Å². The van der Waals surface area contributed by atoms with Gasteiger partial charge in [-0.1, -0.05) is 12.1 Å². The normalized spacial score (nSPS) is 10.4. The summed E-state index contributed by atoms with van der Waals surface area (Å²) >= 11 is 0. The van der Waals surface area contributed by atoms with Crippen LogP contribution in [-0.4, -0.2) is 35.0 Å². The van der Waals surface area contributed by atoms with E-state index in [1.807, 2.05) is 24.3 Å². The highest BCUT2D eigenvalue weighted by atomic mass is 16.2. The van der Waals surface area contributed by atoms with Crippen LogP contribution in [0.1, 0.15) is 5.82 Å². The molecule has 2 N–H and O–H groups in total. The smallest absolute Gasteiger partial charge is 0.317 e. The second-order valence-corrected chi connectivity index (χ2v) is 3.75. The van der Waals surface area contributed by atoms with Gasteiger partial charge in [-0.2, -0.15) is 0 Å². The molecule has 1 aromatic carbocycles. The van der Waals surface area contributed by atoms with Crippen molar-refractivity contribution in [3.63, 3.8) is 0 Å². The number of rotatable bonds is 2. The number of aromatic amines is 1. The van der Waals surface area contributed by atoms with Crippen LogP contribution in [-0.2, 0) is 6.54 Å². The number of aromatic nitrogens is 2. The third-order valence-electron chi connectivity index (χ3n) is 2.25. The van der Waals surface area contributed by atoms with Gasteiger partial charge in [0.15, 0.2) is 0 Å². The third-order valence-corrected chi connectivity index (χ3v) is 2.25. The second-order valence-electron chi connectivity index (χ2n) is 3.75. The van der Waals surface area contributed by atoms with Gasteiger partial charge in [0, 0.05) is 14.1 Å². The van der Waals surface area contributed by atoms with E-state index in [2.05, 4.69) is 15.3 Å². The monoisotopic (exact) mass is 218 g/mol. The summed E-state index contributed by atoms with van der Waals surface area (Å²) in [6, 6.07) is 7.65. The lowest BCUT2D eigenvalue weighted by Gasteiger charge is -2.10. The molecule has 0 fully saturated rings. The maximum absolute atomic E-state index is 11.3. The lowest BCUT2D eigenvalue weighted by atomic mass is 10.3. The second kappa shape index (κ2) is 4.22. The Labute approximate surface area is 93.5 Å². The van der Waals surface area contributed by atoms with Gasteiger partial charge in [-0.3, -0.25) is 0 Å². The van der Waals surface area contributed by atoms with Crippen LogP contribution in [0.2, 0.25) is 0 Å². The lowest BCUT2D eigenvalue weighted by Crippen LogP contribution is -2.34. The number of benzene rings is 1. The van der Waals surface area contributed by atoms with Crippen molar-refractivity contribution in [3.8, 4) is 0 Å². The van der Waals surface area contributed by atoms with E-state index in [-0.39, 0.29) is 6.03 Å². The Morgan fingerprint density at radius 2 is 2.19 bits per heavy atom. The van der Waals surface area contributed by atoms with Crippen LogP contribution in [0, 0.1) is 0 Å². The number of nitrogens with zero attached hydrogens (tertiary/aromatic N) is 2. The van der Waals surface area contributed by atoms with E-state index in [4.69, 9.17) is 0 Å². The number of nitrogens with one attached hydrogen (secondary N) is 2. The molecule has 0 unspecified atom stereocenters. The highest BCUT2D eigenvalue weighted by Gasteiger charge is 2.05. The molecule has 16 heavy (non-hydrogen) atoms. The van der Waals surface area contributed by atoms with Gasteiger partial charge in [-0.25, -0.2) is 9.78 Å². The van der Waals surface area contributed by atoms with E-state index in [9.17, 15) is 4.79 Å². The average molecular weight is 218 g/mol. The topological polar surface area (TPSA) is 61.0 Å². The molecule has 2 rings (SSSR count). The lowest BCUT2D eigenvalue weighted by molar-refractivity contribution is 0.216. The maximum atomic E-state index is 11.3. The van der Waals surface area contributed by atoms with Gasteiger partial charge in [0.25, 0.3) is 0 Å². The summed E-state index contributed by atoms with van der Waals surface area (Å²) in [5.41, 5.74) is 1.90. The Morgan fingerprint density at radius 1 is 1.44 bits per heavy atom. The minimum atomic E-state index is -0.125. The fraction of sp³-hybridized carbons (Fsp3) is 0.273. The fourth-order valence-electron chi connectivity index (χ4n) is 1.41. The Balaban J connectivity index is 2.07. The summed E-state index contributed by atoms with van der Waals surface area (Å²) in [5, 5.41) is 2.75. The third kappa shape index (κ3) is 2.13. The molecule has 84 valence electrons. The summed E-state index contributed by atoms with van der Waals surface area (Å²) in [6.45, 7) is 0.408. The van der Waals surface area contributed by atoms with Crippen molar-refractivity contribution < 1.29 is 4.79 Å². The molecule has 2 aromatic rings. The van der Waals surface area contributed by atoms with Crippen LogP contribution in [0.4, 0.5) is 4.79 Å². The van der Waals surface area contributed by atoms with Gasteiger partial charge in [-0.15, -0.1) is 0 Å². The molecule has 2 amide bonds. The molecule has 0 aliphatic carbocycles. The zero-order valence-electron chi connectivity index (χ0n) is 9.32. The van der Waals surface area contributed by atoms with Gasteiger partial charge in [0.1, 0.15) is 5.82 Å². The zero-order chi connectivity index (χ0) is 11.5. The highest BCUT2D eigenvalue weighted by molar-refractivity contribution is 5.75. The largest absolute Gasteiger partial charge is 0.340 e. The first-order chi connectivity index (χ1) is 7.66. The predicted molar refractivity (Wildman–Crippen MR) is 62.0 cm³/mol. The molecule has 5 heteroatoms. The van der Waals surface area contributed by atoms with Crippen LogP contribution >= 0.6 is 0 Å². The number of urea groups is 1. The minimum absolute atomic E-state index is 0.125. The molecule has 0 atom stereocenters. The number of carbonyl (C=O) groups is 1. The summed E-state index contributed by atoms with van der Waals surface area (Å²) < 4.78 is 0. The molecular formula is C11H14N4O. The first kappa shape index (κ1) is 10.5. The Kier molecular flexibility index (Phi) is 2.76. The molecule has 0 saturated heterocycles. The quantitative estimate of drug-likeness (QED) is 0.799. The summed E-state index contributed by atoms with van der Waals surface area (Å²) in [6.07, 6.45) is 0. The first-order valence-electron chi connectivity index (χ1n) is 5.05. The molecule has 0 radical (unpaired) electrons. The zero-order valence-corrected chi connectivity index (χ0v) is 9.32. The summed E-state index contributed by atoms with van der Waals surface area (Å²) in [4.78, 5) is 20.3. The molecule has 0 saturated carbocycles. The molecule has 1 aromatic heterocycles. The van der Waals surface area contributed by atoms with Crippen molar-refractivity contribution in [1.29, 1.82) is 0 Å². The number of hydrogen-bond donors (Lipinski definition) is 2. The SMILES string of the molecule is CN(C)C(=O)NCc1nc2ccccc2[nH]1. The van der Waals surface area contributed by atoms with E-state index in [1.165, 1.54) is 4.90 Å². The van der Waals surface area contributed by atoms with Crippen LogP contribution in [0.25, 0.3) is 11.0 Å². The van der Waals surface area contributed by atoms with E-state index < -0.39 is 0 Å². The number of imidazole rings is 1. The molecule has 5 nitrogen and oxygen atoms in total. The molecule has 0 aliphatic heterocycles. The van der Waals surface area contributed by atoms with E-state index in [0.29, 0.717) is 6.54 Å². The number of hydrogen-bond acceptors (Lipinski definition) is 2. The van der Waals surface area contributed by atoms with Crippen LogP contribution < -0.4 is 5.32 Å². The van der Waals surface area contributed by atoms with Gasteiger partial charge in [0.05, 0.1) is 17.6 Å².